The van der Waals surface area contributed by atoms with Gasteiger partial charge in [-0.1, -0.05) is 42.9 Å². The van der Waals surface area contributed by atoms with Crippen LogP contribution in [0.5, 0.6) is 0 Å². The van der Waals surface area contributed by atoms with Crippen LogP contribution in [0.4, 0.5) is 5.69 Å². The molecular weight excluding hydrogens is 438 g/mol. The number of hydrogen-bond acceptors (Lipinski definition) is 3. The molecule has 0 bridgehead atoms. The fourth-order valence-electron chi connectivity index (χ4n) is 4.73. The summed E-state index contributed by atoms with van der Waals surface area (Å²) in [5, 5.41) is 3.46. The molecule has 2 atom stereocenters. The van der Waals surface area contributed by atoms with E-state index in [-0.39, 0.29) is 5.91 Å². The molecule has 1 amide bonds. The highest BCUT2D eigenvalue weighted by Crippen LogP contribution is 2.33. The smallest absolute Gasteiger partial charge is 0.222 e. The molecule has 1 aromatic rings. The zero-order valence-electron chi connectivity index (χ0n) is 18.6. The van der Waals surface area contributed by atoms with Crippen LogP contribution in [0.1, 0.15) is 57.9 Å². The first-order valence-corrected chi connectivity index (χ1v) is 12.1. The minimum Gasteiger partial charge on any atom is -0.371 e. The molecule has 0 aliphatic carbocycles. The Hall–Kier alpha value is -1.75. The van der Waals surface area contributed by atoms with Gasteiger partial charge in [-0.15, -0.1) is 0 Å². The second kappa shape index (κ2) is 10.5. The summed E-state index contributed by atoms with van der Waals surface area (Å²) in [6.45, 7) is 17.2. The maximum atomic E-state index is 12.5. The van der Waals surface area contributed by atoms with Crippen molar-refractivity contribution in [2.75, 3.05) is 31.5 Å². The van der Waals surface area contributed by atoms with Crippen molar-refractivity contribution < 1.29 is 4.79 Å². The lowest BCUT2D eigenvalue weighted by molar-refractivity contribution is -0.132. The Bertz CT molecular complexity index is 775. The molecule has 3 rings (SSSR count). The van der Waals surface area contributed by atoms with Crippen molar-refractivity contribution in [1.82, 2.24) is 9.80 Å². The molecule has 1 N–H and O–H groups in total. The standard InChI is InChI=1S/C25H36BrN3O/c1-18-14-19(2)17-29(16-18)21(4)23-15-22(26)9-10-24(23)27-20(3)8-11-25(30)28-12-6-5-7-13-28/h9-10,15,18-19,27H,3-8,11-14,16-17H2,1-2H3/t18-,19+. The first-order chi connectivity index (χ1) is 14.3. The van der Waals surface area contributed by atoms with Gasteiger partial charge in [-0.3, -0.25) is 4.79 Å². The molecule has 0 unspecified atom stereocenters. The fourth-order valence-corrected chi connectivity index (χ4v) is 5.09. The number of anilines is 1. The quantitative estimate of drug-likeness (QED) is 0.518. The number of hydrogen-bond donors (Lipinski definition) is 1. The summed E-state index contributed by atoms with van der Waals surface area (Å²) in [7, 11) is 0. The Morgan fingerprint density at radius 1 is 1.07 bits per heavy atom. The molecule has 2 aliphatic rings. The maximum absolute atomic E-state index is 12.5. The van der Waals surface area contributed by atoms with Crippen LogP contribution in [-0.4, -0.2) is 41.9 Å². The molecule has 0 saturated carbocycles. The molecule has 2 fully saturated rings. The van der Waals surface area contributed by atoms with E-state index in [1.165, 1.54) is 12.8 Å². The molecule has 30 heavy (non-hydrogen) atoms. The van der Waals surface area contributed by atoms with E-state index >= 15 is 0 Å². The lowest BCUT2D eigenvalue weighted by Crippen LogP contribution is -2.37. The molecule has 164 valence electrons. The van der Waals surface area contributed by atoms with Gasteiger partial charge in [0.1, 0.15) is 0 Å². The average molecular weight is 474 g/mol. The summed E-state index contributed by atoms with van der Waals surface area (Å²) in [5.74, 6) is 1.59. The number of likely N-dealkylation sites (tertiary alicyclic amines) is 2. The SMILES string of the molecule is C=C(CCC(=O)N1CCCCC1)Nc1ccc(Br)cc1C(=C)N1C[C@H](C)C[C@H](C)C1. The molecule has 0 spiro atoms. The zero-order valence-corrected chi connectivity index (χ0v) is 20.1. The van der Waals surface area contributed by atoms with Crippen LogP contribution in [0, 0.1) is 11.8 Å². The van der Waals surface area contributed by atoms with Crippen molar-refractivity contribution in [3.63, 3.8) is 0 Å². The van der Waals surface area contributed by atoms with Gasteiger partial charge < -0.3 is 15.1 Å². The number of allylic oxidation sites excluding steroid dienone is 1. The van der Waals surface area contributed by atoms with E-state index in [0.29, 0.717) is 24.7 Å². The van der Waals surface area contributed by atoms with Crippen molar-refractivity contribution in [3.8, 4) is 0 Å². The van der Waals surface area contributed by atoms with Crippen LogP contribution in [0.2, 0.25) is 0 Å². The predicted octanol–water partition coefficient (Wildman–Crippen LogP) is 6.12. The van der Waals surface area contributed by atoms with Crippen molar-refractivity contribution in [1.29, 1.82) is 0 Å². The van der Waals surface area contributed by atoms with Gasteiger partial charge in [0.25, 0.3) is 0 Å². The summed E-state index contributed by atoms with van der Waals surface area (Å²) in [4.78, 5) is 16.9. The van der Waals surface area contributed by atoms with E-state index in [4.69, 9.17) is 0 Å². The van der Waals surface area contributed by atoms with Crippen LogP contribution in [-0.2, 0) is 4.79 Å². The molecule has 0 aromatic heterocycles. The van der Waals surface area contributed by atoms with Gasteiger partial charge in [0.2, 0.25) is 5.91 Å². The molecule has 0 radical (unpaired) electrons. The Balaban J connectivity index is 1.63. The topological polar surface area (TPSA) is 35.6 Å². The van der Waals surface area contributed by atoms with Gasteiger partial charge >= 0.3 is 0 Å². The number of carbonyl (C=O) groups excluding carboxylic acids is 1. The molecule has 2 saturated heterocycles. The van der Waals surface area contributed by atoms with E-state index in [9.17, 15) is 4.79 Å². The van der Waals surface area contributed by atoms with E-state index in [0.717, 1.165) is 66.1 Å². The van der Waals surface area contributed by atoms with Gasteiger partial charge in [0.05, 0.1) is 0 Å². The number of nitrogens with zero attached hydrogens (tertiary/aromatic N) is 2. The van der Waals surface area contributed by atoms with Gasteiger partial charge in [-0.25, -0.2) is 0 Å². The van der Waals surface area contributed by atoms with Gasteiger partial charge in [0, 0.05) is 59.7 Å². The number of benzene rings is 1. The molecule has 1 aromatic carbocycles. The van der Waals surface area contributed by atoms with Gasteiger partial charge in [-0.05, 0) is 62.1 Å². The fraction of sp³-hybridized carbons (Fsp3) is 0.560. The lowest BCUT2D eigenvalue weighted by Gasteiger charge is -2.38. The minimum atomic E-state index is 0.245. The van der Waals surface area contributed by atoms with Gasteiger partial charge in [0.15, 0.2) is 0 Å². The van der Waals surface area contributed by atoms with Crippen molar-refractivity contribution in [2.24, 2.45) is 11.8 Å². The normalized spacial score (nSPS) is 22.0. The van der Waals surface area contributed by atoms with Crippen LogP contribution in [0.15, 0.2) is 41.5 Å². The summed E-state index contributed by atoms with van der Waals surface area (Å²) in [5.41, 5.74) is 4.02. The Kier molecular flexibility index (Phi) is 8.04. The van der Waals surface area contributed by atoms with E-state index in [1.807, 2.05) is 11.0 Å². The lowest BCUT2D eigenvalue weighted by atomic mass is 9.91. The molecule has 4 nitrogen and oxygen atoms in total. The van der Waals surface area contributed by atoms with Crippen molar-refractivity contribution in [2.45, 2.75) is 52.4 Å². The molecule has 2 aliphatic heterocycles. The Morgan fingerprint density at radius 2 is 1.73 bits per heavy atom. The van der Waals surface area contributed by atoms with Crippen LogP contribution < -0.4 is 5.32 Å². The van der Waals surface area contributed by atoms with E-state index in [2.05, 4.69) is 65.3 Å². The molecule has 2 heterocycles. The average Bonchev–Trinajstić information content (AvgIpc) is 2.72. The highest BCUT2D eigenvalue weighted by molar-refractivity contribution is 9.10. The maximum Gasteiger partial charge on any atom is 0.222 e. The zero-order chi connectivity index (χ0) is 21.7. The van der Waals surface area contributed by atoms with Gasteiger partial charge in [-0.2, -0.15) is 0 Å². The van der Waals surface area contributed by atoms with Crippen molar-refractivity contribution in [3.05, 3.63) is 47.1 Å². The number of rotatable bonds is 7. The van der Waals surface area contributed by atoms with Crippen LogP contribution >= 0.6 is 15.9 Å². The third-order valence-electron chi connectivity index (χ3n) is 6.20. The number of amides is 1. The summed E-state index contributed by atoms with van der Waals surface area (Å²) in [6.07, 6.45) is 5.93. The molecule has 5 heteroatoms. The van der Waals surface area contributed by atoms with Crippen LogP contribution in [0.3, 0.4) is 0 Å². The summed E-state index contributed by atoms with van der Waals surface area (Å²) < 4.78 is 1.04. The number of halogens is 1. The highest BCUT2D eigenvalue weighted by Gasteiger charge is 2.24. The predicted molar refractivity (Wildman–Crippen MR) is 130 cm³/mol. The third kappa shape index (κ3) is 6.13. The highest BCUT2D eigenvalue weighted by atomic mass is 79.9. The van der Waals surface area contributed by atoms with Crippen molar-refractivity contribution >= 4 is 33.2 Å². The van der Waals surface area contributed by atoms with E-state index in [1.54, 1.807) is 0 Å². The third-order valence-corrected chi connectivity index (χ3v) is 6.70. The van der Waals surface area contributed by atoms with E-state index < -0.39 is 0 Å². The number of piperidine rings is 2. The van der Waals surface area contributed by atoms with Crippen LogP contribution in [0.25, 0.3) is 5.70 Å². The Morgan fingerprint density at radius 3 is 2.40 bits per heavy atom. The molecular formula is C25H36BrN3O. The number of carbonyl (C=O) groups is 1. The Labute approximate surface area is 190 Å². The first kappa shape index (κ1) is 22.9. The number of nitrogens with one attached hydrogen (secondary N) is 1. The minimum absolute atomic E-state index is 0.245. The second-order valence-electron chi connectivity index (χ2n) is 9.16. The largest absolute Gasteiger partial charge is 0.371 e. The second-order valence-corrected chi connectivity index (χ2v) is 10.1. The first-order valence-electron chi connectivity index (χ1n) is 11.3. The summed E-state index contributed by atoms with van der Waals surface area (Å²) >= 11 is 3.61. The monoisotopic (exact) mass is 473 g/mol. The summed E-state index contributed by atoms with van der Waals surface area (Å²) in [6, 6.07) is 6.23.